The Kier molecular flexibility index (Phi) is 7.59. The van der Waals surface area contributed by atoms with Crippen LogP contribution < -0.4 is 5.32 Å². The Bertz CT molecular complexity index is 1330. The Labute approximate surface area is 244 Å². The SMILES string of the molecule is C[C@@H](CCC(=O)N[C@H](Cc1c[nH]c2ccccc12)C(=O)O)[C@@H]1CC[C@@H]2[C@H]3CC=C4C[C@H](O)CC[C@@]4(C)[C@@H]3CC[C@]21C. The number of amides is 1. The number of aromatic amines is 1. The molecular weight excluding hydrogens is 512 g/mol. The van der Waals surface area contributed by atoms with E-state index >= 15 is 0 Å². The molecule has 0 radical (unpaired) electrons. The summed E-state index contributed by atoms with van der Waals surface area (Å²) >= 11 is 0. The molecule has 0 spiro atoms. The van der Waals surface area contributed by atoms with Crippen LogP contribution >= 0.6 is 0 Å². The molecule has 3 saturated carbocycles. The van der Waals surface area contributed by atoms with E-state index in [4.69, 9.17) is 0 Å². The lowest BCUT2D eigenvalue weighted by molar-refractivity contribution is -0.141. The number of para-hydroxylation sites is 1. The summed E-state index contributed by atoms with van der Waals surface area (Å²) in [6, 6.07) is 6.91. The van der Waals surface area contributed by atoms with Crippen LogP contribution in [0.15, 0.2) is 42.1 Å². The lowest BCUT2D eigenvalue weighted by Gasteiger charge is -2.58. The van der Waals surface area contributed by atoms with Gasteiger partial charge in [-0.3, -0.25) is 4.79 Å². The molecule has 1 amide bonds. The van der Waals surface area contributed by atoms with Crippen LogP contribution in [0, 0.1) is 40.4 Å². The van der Waals surface area contributed by atoms with E-state index in [2.05, 4.69) is 37.1 Å². The van der Waals surface area contributed by atoms with Crippen molar-refractivity contribution < 1.29 is 19.8 Å². The summed E-state index contributed by atoms with van der Waals surface area (Å²) < 4.78 is 0. The van der Waals surface area contributed by atoms with E-state index in [1.807, 2.05) is 30.5 Å². The molecule has 0 unspecified atom stereocenters. The van der Waals surface area contributed by atoms with Crippen molar-refractivity contribution in [3.8, 4) is 0 Å². The lowest BCUT2D eigenvalue weighted by atomic mass is 9.47. The average molecular weight is 561 g/mol. The summed E-state index contributed by atoms with van der Waals surface area (Å²) in [7, 11) is 0. The van der Waals surface area contributed by atoms with Crippen LogP contribution in [0.3, 0.4) is 0 Å². The maximum Gasteiger partial charge on any atom is 0.326 e. The molecule has 1 aromatic heterocycles. The molecule has 1 heterocycles. The molecule has 222 valence electrons. The Balaban J connectivity index is 1.07. The quantitative estimate of drug-likeness (QED) is 0.272. The maximum absolute atomic E-state index is 13.0. The summed E-state index contributed by atoms with van der Waals surface area (Å²) in [4.78, 5) is 28.2. The second-order valence-electron chi connectivity index (χ2n) is 14.4. The molecule has 3 fully saturated rings. The number of rotatable bonds is 8. The number of aromatic nitrogens is 1. The highest BCUT2D eigenvalue weighted by atomic mass is 16.4. The monoisotopic (exact) mass is 560 g/mol. The predicted octanol–water partition coefficient (Wildman–Crippen LogP) is 6.64. The van der Waals surface area contributed by atoms with Gasteiger partial charge in [0.05, 0.1) is 6.10 Å². The number of hydrogen-bond donors (Lipinski definition) is 4. The Morgan fingerprint density at radius 2 is 1.90 bits per heavy atom. The number of allylic oxidation sites excluding steroid dienone is 1. The number of aliphatic hydroxyl groups is 1. The van der Waals surface area contributed by atoms with Crippen molar-refractivity contribution in [2.75, 3.05) is 0 Å². The van der Waals surface area contributed by atoms with Crippen molar-refractivity contribution >= 4 is 22.8 Å². The van der Waals surface area contributed by atoms with Gasteiger partial charge in [0.15, 0.2) is 0 Å². The van der Waals surface area contributed by atoms with E-state index in [9.17, 15) is 19.8 Å². The topological polar surface area (TPSA) is 102 Å². The van der Waals surface area contributed by atoms with Crippen LogP contribution in [0.5, 0.6) is 0 Å². The predicted molar refractivity (Wildman–Crippen MR) is 161 cm³/mol. The number of fused-ring (bicyclic) bond motifs is 6. The van der Waals surface area contributed by atoms with Crippen LogP contribution in [0.25, 0.3) is 10.9 Å². The van der Waals surface area contributed by atoms with Gasteiger partial charge >= 0.3 is 5.97 Å². The first-order valence-electron chi connectivity index (χ1n) is 16.0. The Hall–Kier alpha value is -2.60. The van der Waals surface area contributed by atoms with E-state index < -0.39 is 12.0 Å². The van der Waals surface area contributed by atoms with Crippen molar-refractivity contribution in [1.82, 2.24) is 10.3 Å². The highest BCUT2D eigenvalue weighted by Gasteiger charge is 2.59. The van der Waals surface area contributed by atoms with E-state index in [0.717, 1.165) is 59.9 Å². The normalized spacial score (nSPS) is 36.0. The zero-order valence-electron chi connectivity index (χ0n) is 25.0. The molecule has 6 heteroatoms. The summed E-state index contributed by atoms with van der Waals surface area (Å²) in [6.45, 7) is 7.34. The van der Waals surface area contributed by atoms with Gasteiger partial charge in [0, 0.05) is 29.9 Å². The fraction of sp³-hybridized carbons (Fsp3) is 0.657. The fourth-order valence-corrected chi connectivity index (χ4v) is 10.2. The number of hydrogen-bond acceptors (Lipinski definition) is 3. The zero-order valence-corrected chi connectivity index (χ0v) is 25.0. The number of carbonyl (C=O) groups excluding carboxylic acids is 1. The van der Waals surface area contributed by atoms with E-state index in [1.54, 1.807) is 0 Å². The third kappa shape index (κ3) is 5.04. The molecule has 0 saturated heterocycles. The summed E-state index contributed by atoms with van der Waals surface area (Å²) in [6.07, 6.45) is 14.8. The second kappa shape index (κ2) is 10.9. The van der Waals surface area contributed by atoms with Gasteiger partial charge in [-0.25, -0.2) is 4.79 Å². The Morgan fingerprint density at radius 1 is 1.10 bits per heavy atom. The molecular formula is C35H48N2O4. The van der Waals surface area contributed by atoms with Gasteiger partial charge in [0.1, 0.15) is 6.04 Å². The number of carbonyl (C=O) groups is 2. The van der Waals surface area contributed by atoms with Crippen molar-refractivity contribution in [3.05, 3.63) is 47.7 Å². The fourth-order valence-electron chi connectivity index (χ4n) is 10.2. The van der Waals surface area contributed by atoms with Gasteiger partial charge in [-0.15, -0.1) is 0 Å². The standard InChI is InChI=1S/C35H48N2O4/c1-21(8-13-32(39)37-31(33(40)41)18-22-20-36-30-7-5-4-6-25(22)30)27-11-12-28-26-10-9-23-19-24(38)14-16-34(23,2)29(26)15-17-35(27,28)3/h4-7,9,20-21,24,26-29,31,36,38H,8,10-19H2,1-3H3,(H,37,39)(H,40,41)/t21-,24+,26+,27-,28+,29+,31+,34+,35-/m0/s1. The zero-order chi connectivity index (χ0) is 28.9. The Morgan fingerprint density at radius 3 is 2.71 bits per heavy atom. The second-order valence-corrected chi connectivity index (χ2v) is 14.4. The summed E-state index contributed by atoms with van der Waals surface area (Å²) in [5.41, 5.74) is 3.98. The van der Waals surface area contributed by atoms with Gasteiger partial charge in [-0.1, -0.05) is 50.6 Å². The van der Waals surface area contributed by atoms with Crippen molar-refractivity contribution in [2.45, 2.75) is 104 Å². The van der Waals surface area contributed by atoms with E-state index in [0.29, 0.717) is 23.7 Å². The van der Waals surface area contributed by atoms with Crippen LogP contribution in [-0.2, 0) is 16.0 Å². The third-order valence-corrected chi connectivity index (χ3v) is 12.4. The van der Waals surface area contributed by atoms with E-state index in [1.165, 1.54) is 37.7 Å². The average Bonchev–Trinajstić information content (AvgIpc) is 3.52. The number of carboxylic acids is 1. The van der Waals surface area contributed by atoms with Crippen LogP contribution in [0.2, 0.25) is 0 Å². The highest BCUT2D eigenvalue weighted by molar-refractivity contribution is 5.86. The number of aliphatic carboxylic acids is 1. The molecule has 41 heavy (non-hydrogen) atoms. The van der Waals surface area contributed by atoms with Crippen LogP contribution in [0.1, 0.15) is 90.5 Å². The highest BCUT2D eigenvalue weighted by Crippen LogP contribution is 2.67. The van der Waals surface area contributed by atoms with Crippen molar-refractivity contribution in [3.63, 3.8) is 0 Å². The molecule has 4 aliphatic rings. The molecule has 6 rings (SSSR count). The molecule has 4 aliphatic carbocycles. The van der Waals surface area contributed by atoms with Gasteiger partial charge in [0.2, 0.25) is 5.91 Å². The largest absolute Gasteiger partial charge is 0.480 e. The van der Waals surface area contributed by atoms with Gasteiger partial charge < -0.3 is 20.5 Å². The summed E-state index contributed by atoms with van der Waals surface area (Å²) in [5.74, 6) is 2.08. The minimum absolute atomic E-state index is 0.159. The number of nitrogens with one attached hydrogen (secondary N) is 2. The number of aliphatic hydroxyl groups excluding tert-OH is 1. The first-order chi connectivity index (χ1) is 19.6. The lowest BCUT2D eigenvalue weighted by Crippen LogP contribution is -2.50. The number of benzene rings is 1. The number of H-pyrrole nitrogens is 1. The van der Waals surface area contributed by atoms with Gasteiger partial charge in [0.25, 0.3) is 0 Å². The smallest absolute Gasteiger partial charge is 0.326 e. The van der Waals surface area contributed by atoms with Gasteiger partial charge in [-0.2, -0.15) is 0 Å². The third-order valence-electron chi connectivity index (χ3n) is 12.4. The van der Waals surface area contributed by atoms with E-state index in [-0.39, 0.29) is 23.8 Å². The molecule has 6 nitrogen and oxygen atoms in total. The maximum atomic E-state index is 13.0. The van der Waals surface area contributed by atoms with Crippen molar-refractivity contribution in [1.29, 1.82) is 0 Å². The molecule has 0 bridgehead atoms. The summed E-state index contributed by atoms with van der Waals surface area (Å²) in [5, 5.41) is 24.0. The molecule has 4 N–H and O–H groups in total. The van der Waals surface area contributed by atoms with Gasteiger partial charge in [-0.05, 0) is 110 Å². The van der Waals surface area contributed by atoms with Crippen LogP contribution in [0.4, 0.5) is 0 Å². The first-order valence-corrected chi connectivity index (χ1v) is 16.0. The molecule has 0 aliphatic heterocycles. The van der Waals surface area contributed by atoms with Crippen molar-refractivity contribution in [2.24, 2.45) is 40.4 Å². The minimum atomic E-state index is -0.995. The number of carboxylic acid groups (broad SMARTS) is 1. The van der Waals surface area contributed by atoms with Crippen LogP contribution in [-0.4, -0.2) is 39.2 Å². The first kappa shape index (κ1) is 28.5. The molecule has 9 atom stereocenters. The minimum Gasteiger partial charge on any atom is -0.480 e. The molecule has 2 aromatic rings. The molecule has 1 aromatic carbocycles.